The van der Waals surface area contributed by atoms with Gasteiger partial charge in [0.05, 0.1) is 5.60 Å². The average Bonchev–Trinajstić information content (AvgIpc) is 2.44. The molecule has 0 unspecified atom stereocenters. The van der Waals surface area contributed by atoms with E-state index < -0.39 is 17.4 Å². The quantitative estimate of drug-likeness (QED) is 0.727. The van der Waals surface area contributed by atoms with Gasteiger partial charge < -0.3 is 15.7 Å². The number of carbonyl (C=O) groups is 2. The Morgan fingerprint density at radius 3 is 2.45 bits per heavy atom. The van der Waals surface area contributed by atoms with E-state index in [1.165, 1.54) is 0 Å². The van der Waals surface area contributed by atoms with Gasteiger partial charge in [0.25, 0.3) is 0 Å². The highest BCUT2D eigenvalue weighted by Gasteiger charge is 2.24. The SMILES string of the molecule is CCC(O)(CC)CNC(=O)C(=O)Nc1cccc(Cl)c1. The fourth-order valence-electron chi connectivity index (χ4n) is 1.58. The Kier molecular flexibility index (Phi) is 5.98. The topological polar surface area (TPSA) is 78.4 Å². The third-order valence-corrected chi connectivity index (χ3v) is 3.42. The largest absolute Gasteiger partial charge is 0.388 e. The summed E-state index contributed by atoms with van der Waals surface area (Å²) >= 11 is 5.78. The second kappa shape index (κ2) is 7.26. The zero-order valence-electron chi connectivity index (χ0n) is 11.6. The summed E-state index contributed by atoms with van der Waals surface area (Å²) < 4.78 is 0. The van der Waals surface area contributed by atoms with Gasteiger partial charge >= 0.3 is 11.8 Å². The van der Waals surface area contributed by atoms with Crippen LogP contribution in [-0.4, -0.2) is 29.1 Å². The minimum absolute atomic E-state index is 0.0435. The van der Waals surface area contributed by atoms with Gasteiger partial charge in [-0.1, -0.05) is 31.5 Å². The Hall–Kier alpha value is -1.59. The van der Waals surface area contributed by atoms with Crippen molar-refractivity contribution >= 4 is 29.1 Å². The second-order valence-corrected chi connectivity index (χ2v) is 5.02. The van der Waals surface area contributed by atoms with Crippen LogP contribution in [0.1, 0.15) is 26.7 Å². The van der Waals surface area contributed by atoms with E-state index in [2.05, 4.69) is 10.6 Å². The fraction of sp³-hybridized carbons (Fsp3) is 0.429. The van der Waals surface area contributed by atoms with Gasteiger partial charge in [-0.05, 0) is 31.0 Å². The second-order valence-electron chi connectivity index (χ2n) is 4.58. The first-order valence-electron chi connectivity index (χ1n) is 6.47. The molecule has 5 nitrogen and oxygen atoms in total. The molecule has 0 saturated heterocycles. The highest BCUT2D eigenvalue weighted by molar-refractivity contribution is 6.39. The molecular weight excluding hydrogens is 280 g/mol. The molecule has 0 aliphatic rings. The van der Waals surface area contributed by atoms with E-state index >= 15 is 0 Å². The Labute approximate surface area is 123 Å². The molecule has 0 aliphatic heterocycles. The maximum absolute atomic E-state index is 11.7. The Morgan fingerprint density at radius 2 is 1.90 bits per heavy atom. The van der Waals surface area contributed by atoms with Crippen LogP contribution in [0.15, 0.2) is 24.3 Å². The summed E-state index contributed by atoms with van der Waals surface area (Å²) in [6.45, 7) is 3.69. The minimum Gasteiger partial charge on any atom is -0.388 e. The standard InChI is InChI=1S/C14H19ClN2O3/c1-3-14(20,4-2)9-16-12(18)13(19)17-11-7-5-6-10(15)8-11/h5-8,20H,3-4,9H2,1-2H3,(H,16,18)(H,17,19). The van der Waals surface area contributed by atoms with Crippen molar-refractivity contribution in [1.82, 2.24) is 5.32 Å². The molecule has 3 N–H and O–H groups in total. The molecule has 0 heterocycles. The number of hydrogen-bond acceptors (Lipinski definition) is 3. The molecular formula is C14H19ClN2O3. The average molecular weight is 299 g/mol. The van der Waals surface area contributed by atoms with Crippen LogP contribution in [0.4, 0.5) is 5.69 Å². The van der Waals surface area contributed by atoms with Crippen LogP contribution in [0.3, 0.4) is 0 Å². The Morgan fingerprint density at radius 1 is 1.25 bits per heavy atom. The van der Waals surface area contributed by atoms with Crippen LogP contribution >= 0.6 is 11.6 Å². The smallest absolute Gasteiger partial charge is 0.313 e. The summed E-state index contributed by atoms with van der Waals surface area (Å²) in [6, 6.07) is 6.51. The van der Waals surface area contributed by atoms with Crippen LogP contribution in [-0.2, 0) is 9.59 Å². The van der Waals surface area contributed by atoms with E-state index in [0.717, 1.165) is 0 Å². The van der Waals surface area contributed by atoms with Gasteiger partial charge in [0.2, 0.25) is 0 Å². The molecule has 0 aliphatic carbocycles. The molecule has 1 rings (SSSR count). The number of carbonyl (C=O) groups excluding carboxylic acids is 2. The van der Waals surface area contributed by atoms with E-state index in [1.807, 2.05) is 13.8 Å². The predicted molar refractivity (Wildman–Crippen MR) is 78.6 cm³/mol. The number of nitrogens with one attached hydrogen (secondary N) is 2. The van der Waals surface area contributed by atoms with Crippen LogP contribution in [0.25, 0.3) is 0 Å². The van der Waals surface area contributed by atoms with Gasteiger partial charge in [-0.2, -0.15) is 0 Å². The molecule has 0 spiro atoms. The Balaban J connectivity index is 2.54. The normalized spacial score (nSPS) is 11.0. The molecule has 110 valence electrons. The van der Waals surface area contributed by atoms with Crippen molar-refractivity contribution in [3.8, 4) is 0 Å². The summed E-state index contributed by atoms with van der Waals surface area (Å²) in [5.41, 5.74) is -0.537. The molecule has 1 aromatic carbocycles. The summed E-state index contributed by atoms with van der Waals surface area (Å²) in [4.78, 5) is 23.3. The number of halogens is 1. The molecule has 6 heteroatoms. The molecule has 1 aromatic rings. The van der Waals surface area contributed by atoms with Crippen molar-refractivity contribution in [1.29, 1.82) is 0 Å². The minimum atomic E-state index is -0.980. The van der Waals surface area contributed by atoms with Gasteiger partial charge in [0.1, 0.15) is 0 Å². The fourth-order valence-corrected chi connectivity index (χ4v) is 1.77. The van der Waals surface area contributed by atoms with Crippen molar-refractivity contribution in [2.45, 2.75) is 32.3 Å². The van der Waals surface area contributed by atoms with Gasteiger partial charge in [0.15, 0.2) is 0 Å². The van der Waals surface area contributed by atoms with Crippen LogP contribution in [0.5, 0.6) is 0 Å². The summed E-state index contributed by atoms with van der Waals surface area (Å²) in [6.07, 6.45) is 0.999. The zero-order valence-corrected chi connectivity index (χ0v) is 12.3. The molecule has 20 heavy (non-hydrogen) atoms. The third kappa shape index (κ3) is 4.83. The van der Waals surface area contributed by atoms with Gasteiger partial charge in [-0.3, -0.25) is 9.59 Å². The molecule has 0 radical (unpaired) electrons. The van der Waals surface area contributed by atoms with Crippen molar-refractivity contribution < 1.29 is 14.7 Å². The van der Waals surface area contributed by atoms with E-state index in [0.29, 0.717) is 23.6 Å². The van der Waals surface area contributed by atoms with Crippen molar-refractivity contribution in [2.24, 2.45) is 0 Å². The molecule has 0 aromatic heterocycles. The zero-order chi connectivity index (χ0) is 15.2. The first-order chi connectivity index (χ1) is 9.40. The lowest BCUT2D eigenvalue weighted by molar-refractivity contribution is -0.136. The number of amides is 2. The molecule has 0 fully saturated rings. The molecule has 0 atom stereocenters. The molecule has 0 saturated carbocycles. The lowest BCUT2D eigenvalue weighted by Crippen LogP contribution is -2.45. The molecule has 2 amide bonds. The highest BCUT2D eigenvalue weighted by Crippen LogP contribution is 2.15. The van der Waals surface area contributed by atoms with E-state index in [1.54, 1.807) is 24.3 Å². The van der Waals surface area contributed by atoms with E-state index in [9.17, 15) is 14.7 Å². The number of hydrogen-bond donors (Lipinski definition) is 3. The van der Waals surface area contributed by atoms with E-state index in [-0.39, 0.29) is 6.54 Å². The predicted octanol–water partition coefficient (Wildman–Crippen LogP) is 1.95. The van der Waals surface area contributed by atoms with Crippen molar-refractivity contribution in [3.05, 3.63) is 29.3 Å². The maximum atomic E-state index is 11.7. The highest BCUT2D eigenvalue weighted by atomic mass is 35.5. The van der Waals surface area contributed by atoms with E-state index in [4.69, 9.17) is 11.6 Å². The van der Waals surface area contributed by atoms with Crippen LogP contribution < -0.4 is 10.6 Å². The summed E-state index contributed by atoms with van der Waals surface area (Å²) in [5.74, 6) is -1.58. The summed E-state index contributed by atoms with van der Waals surface area (Å²) in [5, 5.41) is 15.4. The third-order valence-electron chi connectivity index (χ3n) is 3.18. The first kappa shape index (κ1) is 16.5. The Bertz CT molecular complexity index is 487. The summed E-state index contributed by atoms with van der Waals surface area (Å²) in [7, 11) is 0. The number of anilines is 1. The van der Waals surface area contributed by atoms with Gasteiger partial charge in [-0.15, -0.1) is 0 Å². The first-order valence-corrected chi connectivity index (χ1v) is 6.85. The van der Waals surface area contributed by atoms with Crippen LogP contribution in [0, 0.1) is 0 Å². The number of rotatable bonds is 5. The lowest BCUT2D eigenvalue weighted by atomic mass is 9.98. The van der Waals surface area contributed by atoms with Gasteiger partial charge in [-0.25, -0.2) is 0 Å². The lowest BCUT2D eigenvalue weighted by Gasteiger charge is -2.25. The number of benzene rings is 1. The maximum Gasteiger partial charge on any atom is 0.313 e. The monoisotopic (exact) mass is 298 g/mol. The van der Waals surface area contributed by atoms with Crippen molar-refractivity contribution in [3.63, 3.8) is 0 Å². The van der Waals surface area contributed by atoms with Crippen LogP contribution in [0.2, 0.25) is 5.02 Å². The molecule has 0 bridgehead atoms. The number of aliphatic hydroxyl groups is 1. The van der Waals surface area contributed by atoms with Gasteiger partial charge in [0, 0.05) is 17.3 Å². The van der Waals surface area contributed by atoms with Crippen molar-refractivity contribution in [2.75, 3.05) is 11.9 Å².